The van der Waals surface area contributed by atoms with E-state index in [9.17, 15) is 5.11 Å². The number of nitrogens with one attached hydrogen (secondary N) is 1. The molecular weight excluding hydrogens is 236 g/mol. The Morgan fingerprint density at radius 1 is 1.26 bits per heavy atom. The van der Waals surface area contributed by atoms with Crippen molar-refractivity contribution in [1.82, 2.24) is 10.3 Å². The van der Waals surface area contributed by atoms with Crippen LogP contribution in [0.4, 0.5) is 0 Å². The first-order chi connectivity index (χ1) is 8.88. The third-order valence-corrected chi connectivity index (χ3v) is 3.30. The molecular formula is C16H22N2O. The Morgan fingerprint density at radius 3 is 2.68 bits per heavy atom. The minimum Gasteiger partial charge on any atom is -0.384 e. The van der Waals surface area contributed by atoms with E-state index >= 15 is 0 Å². The van der Waals surface area contributed by atoms with E-state index in [4.69, 9.17) is 0 Å². The van der Waals surface area contributed by atoms with E-state index < -0.39 is 5.60 Å². The average Bonchev–Trinajstić information content (AvgIpc) is 2.36. The molecule has 0 aliphatic heterocycles. The molecule has 2 aromatic rings. The van der Waals surface area contributed by atoms with Crippen molar-refractivity contribution < 1.29 is 5.11 Å². The summed E-state index contributed by atoms with van der Waals surface area (Å²) in [6, 6.07) is 10.3. The maximum Gasteiger partial charge on any atom is 0.0992 e. The quantitative estimate of drug-likeness (QED) is 0.886. The molecule has 0 amide bonds. The van der Waals surface area contributed by atoms with Crippen LogP contribution >= 0.6 is 0 Å². The van der Waals surface area contributed by atoms with Crippen LogP contribution in [0.2, 0.25) is 0 Å². The first-order valence-electron chi connectivity index (χ1n) is 6.72. The molecule has 0 saturated heterocycles. The van der Waals surface area contributed by atoms with Crippen molar-refractivity contribution in [3.05, 3.63) is 41.6 Å². The maximum atomic E-state index is 10.6. The molecule has 2 rings (SSSR count). The largest absolute Gasteiger partial charge is 0.384 e. The van der Waals surface area contributed by atoms with Gasteiger partial charge in [0.25, 0.3) is 0 Å². The Hall–Kier alpha value is -1.45. The van der Waals surface area contributed by atoms with Crippen molar-refractivity contribution in [2.45, 2.75) is 39.3 Å². The van der Waals surface area contributed by atoms with Crippen LogP contribution in [0.1, 0.15) is 32.0 Å². The van der Waals surface area contributed by atoms with Gasteiger partial charge in [0, 0.05) is 23.7 Å². The predicted octanol–water partition coefficient (Wildman–Crippen LogP) is 2.75. The molecule has 1 aromatic carbocycles. The van der Waals surface area contributed by atoms with Crippen LogP contribution in [0.3, 0.4) is 0 Å². The SMILES string of the molecule is Cc1ccc2cc(C(C)(O)CNC(C)C)ccc2n1. The summed E-state index contributed by atoms with van der Waals surface area (Å²) >= 11 is 0. The number of hydrogen-bond acceptors (Lipinski definition) is 3. The van der Waals surface area contributed by atoms with Crippen molar-refractivity contribution in [1.29, 1.82) is 0 Å². The molecule has 3 heteroatoms. The first-order valence-corrected chi connectivity index (χ1v) is 6.72. The zero-order chi connectivity index (χ0) is 14.0. The summed E-state index contributed by atoms with van der Waals surface area (Å²) in [5.74, 6) is 0. The van der Waals surface area contributed by atoms with Crippen molar-refractivity contribution in [2.75, 3.05) is 6.54 Å². The molecule has 19 heavy (non-hydrogen) atoms. The Labute approximate surface area is 114 Å². The molecule has 102 valence electrons. The Morgan fingerprint density at radius 2 is 2.00 bits per heavy atom. The number of aromatic nitrogens is 1. The minimum absolute atomic E-state index is 0.358. The van der Waals surface area contributed by atoms with Crippen molar-refractivity contribution in [3.63, 3.8) is 0 Å². The Bertz CT molecular complexity index is 576. The second-order valence-corrected chi connectivity index (χ2v) is 5.67. The molecule has 1 heterocycles. The van der Waals surface area contributed by atoms with Crippen molar-refractivity contribution in [2.24, 2.45) is 0 Å². The van der Waals surface area contributed by atoms with Crippen LogP contribution in [0.25, 0.3) is 10.9 Å². The fourth-order valence-electron chi connectivity index (χ4n) is 2.07. The summed E-state index contributed by atoms with van der Waals surface area (Å²) in [5, 5.41) is 14.9. The second kappa shape index (κ2) is 5.27. The molecule has 2 N–H and O–H groups in total. The van der Waals surface area contributed by atoms with E-state index in [-0.39, 0.29) is 0 Å². The van der Waals surface area contributed by atoms with Gasteiger partial charge in [-0.15, -0.1) is 0 Å². The number of fused-ring (bicyclic) bond motifs is 1. The maximum absolute atomic E-state index is 10.6. The van der Waals surface area contributed by atoms with Crippen LogP contribution in [0.15, 0.2) is 30.3 Å². The van der Waals surface area contributed by atoms with Gasteiger partial charge in [0.15, 0.2) is 0 Å². The summed E-state index contributed by atoms with van der Waals surface area (Å²) in [5.41, 5.74) is 2.02. The highest BCUT2D eigenvalue weighted by atomic mass is 16.3. The van der Waals surface area contributed by atoms with Gasteiger partial charge in [-0.1, -0.05) is 26.0 Å². The van der Waals surface area contributed by atoms with Gasteiger partial charge in [-0.05, 0) is 37.6 Å². The molecule has 1 unspecified atom stereocenters. The summed E-state index contributed by atoms with van der Waals surface area (Å²) in [7, 11) is 0. The number of pyridine rings is 1. The standard InChI is InChI=1S/C16H22N2O/c1-11(2)17-10-16(4,19)14-7-8-15-13(9-14)6-5-12(3)18-15/h5-9,11,17,19H,10H2,1-4H3. The number of aliphatic hydroxyl groups is 1. The molecule has 0 aliphatic rings. The molecule has 0 fully saturated rings. The van der Waals surface area contributed by atoms with Gasteiger partial charge in [-0.2, -0.15) is 0 Å². The van der Waals surface area contributed by atoms with Crippen LogP contribution < -0.4 is 5.32 Å². The van der Waals surface area contributed by atoms with Gasteiger partial charge < -0.3 is 10.4 Å². The topological polar surface area (TPSA) is 45.1 Å². The number of nitrogens with zero attached hydrogens (tertiary/aromatic N) is 1. The highest BCUT2D eigenvalue weighted by molar-refractivity contribution is 5.79. The minimum atomic E-state index is -0.872. The molecule has 1 atom stereocenters. The number of aryl methyl sites for hydroxylation is 1. The van der Waals surface area contributed by atoms with Gasteiger partial charge in [0.05, 0.1) is 11.1 Å². The highest BCUT2D eigenvalue weighted by Crippen LogP contribution is 2.24. The van der Waals surface area contributed by atoms with Crippen LogP contribution in [-0.2, 0) is 5.60 Å². The van der Waals surface area contributed by atoms with Gasteiger partial charge in [0.1, 0.15) is 0 Å². The summed E-state index contributed by atoms with van der Waals surface area (Å²) < 4.78 is 0. The second-order valence-electron chi connectivity index (χ2n) is 5.67. The van der Waals surface area contributed by atoms with Crippen LogP contribution in [-0.4, -0.2) is 22.7 Å². The zero-order valence-corrected chi connectivity index (χ0v) is 12.1. The normalized spacial score (nSPS) is 14.8. The Kier molecular flexibility index (Phi) is 3.88. The van der Waals surface area contributed by atoms with Crippen LogP contribution in [0.5, 0.6) is 0 Å². The summed E-state index contributed by atoms with van der Waals surface area (Å²) in [4.78, 5) is 4.48. The van der Waals surface area contributed by atoms with Gasteiger partial charge in [-0.3, -0.25) is 4.98 Å². The van der Waals surface area contributed by atoms with E-state index in [2.05, 4.69) is 24.1 Å². The lowest BCUT2D eigenvalue weighted by molar-refractivity contribution is 0.0551. The van der Waals surface area contributed by atoms with E-state index in [1.807, 2.05) is 44.2 Å². The fraction of sp³-hybridized carbons (Fsp3) is 0.438. The molecule has 1 aromatic heterocycles. The number of hydrogen-bond donors (Lipinski definition) is 2. The fourth-order valence-corrected chi connectivity index (χ4v) is 2.07. The molecule has 3 nitrogen and oxygen atoms in total. The average molecular weight is 258 g/mol. The number of benzene rings is 1. The van der Waals surface area contributed by atoms with E-state index in [1.165, 1.54) is 0 Å². The van der Waals surface area contributed by atoms with E-state index in [0.717, 1.165) is 22.2 Å². The van der Waals surface area contributed by atoms with Crippen molar-refractivity contribution >= 4 is 10.9 Å². The van der Waals surface area contributed by atoms with Gasteiger partial charge in [-0.25, -0.2) is 0 Å². The smallest absolute Gasteiger partial charge is 0.0992 e. The predicted molar refractivity (Wildman–Crippen MR) is 79.2 cm³/mol. The first kappa shape index (κ1) is 14.0. The molecule has 0 aliphatic carbocycles. The van der Waals surface area contributed by atoms with Crippen LogP contribution in [0, 0.1) is 6.92 Å². The molecule has 0 spiro atoms. The van der Waals surface area contributed by atoms with Crippen molar-refractivity contribution in [3.8, 4) is 0 Å². The lowest BCUT2D eigenvalue weighted by atomic mass is 9.94. The lowest BCUT2D eigenvalue weighted by Crippen LogP contribution is -2.38. The van der Waals surface area contributed by atoms with E-state index in [0.29, 0.717) is 12.6 Å². The van der Waals surface area contributed by atoms with Gasteiger partial charge >= 0.3 is 0 Å². The summed E-state index contributed by atoms with van der Waals surface area (Å²) in [6.07, 6.45) is 0. The third-order valence-electron chi connectivity index (χ3n) is 3.30. The highest BCUT2D eigenvalue weighted by Gasteiger charge is 2.23. The van der Waals surface area contributed by atoms with E-state index in [1.54, 1.807) is 0 Å². The molecule has 0 bridgehead atoms. The monoisotopic (exact) mass is 258 g/mol. The zero-order valence-electron chi connectivity index (χ0n) is 12.1. The Balaban J connectivity index is 2.32. The third kappa shape index (κ3) is 3.31. The summed E-state index contributed by atoms with van der Waals surface area (Å²) in [6.45, 7) is 8.50. The molecule has 0 radical (unpaired) electrons. The lowest BCUT2D eigenvalue weighted by Gasteiger charge is -2.26. The van der Waals surface area contributed by atoms with Gasteiger partial charge in [0.2, 0.25) is 0 Å². The molecule has 0 saturated carbocycles. The number of rotatable bonds is 4.